The molecule has 0 amide bonds. The number of aliphatic hydroxyl groups excluding tert-OH is 5. The fraction of sp³-hybridized carbons (Fsp3) is 1.00. The zero-order valence-corrected chi connectivity index (χ0v) is 12.7. The van der Waals surface area contributed by atoms with E-state index in [1.165, 1.54) is 9.80 Å². The summed E-state index contributed by atoms with van der Waals surface area (Å²) < 4.78 is 0. The Hall–Kier alpha value is -0.280. The van der Waals surface area contributed by atoms with E-state index in [1.54, 1.807) is 0 Å². The van der Waals surface area contributed by atoms with E-state index in [1.807, 2.05) is 0 Å². The lowest BCUT2D eigenvalue weighted by molar-refractivity contribution is -1.18. The van der Waals surface area contributed by atoms with Crippen molar-refractivity contribution in [1.29, 1.82) is 0 Å². The molecular formula is C14H28N2O5+2. The van der Waals surface area contributed by atoms with E-state index in [4.69, 9.17) is 5.11 Å². The van der Waals surface area contributed by atoms with Crippen molar-refractivity contribution in [3.05, 3.63) is 0 Å². The van der Waals surface area contributed by atoms with E-state index < -0.39 is 24.9 Å². The van der Waals surface area contributed by atoms with Crippen LogP contribution in [-0.2, 0) is 0 Å². The zero-order chi connectivity index (χ0) is 15.6. The highest BCUT2D eigenvalue weighted by Gasteiger charge is 2.69. The van der Waals surface area contributed by atoms with Gasteiger partial charge in [0, 0.05) is 0 Å². The fourth-order valence-electron chi connectivity index (χ4n) is 5.30. The summed E-state index contributed by atoms with van der Waals surface area (Å²) >= 11 is 0. The predicted molar refractivity (Wildman–Crippen MR) is 72.5 cm³/mol. The molecule has 4 aliphatic heterocycles. The van der Waals surface area contributed by atoms with Gasteiger partial charge in [0.15, 0.2) is 6.10 Å². The van der Waals surface area contributed by atoms with Crippen LogP contribution in [0.2, 0.25) is 0 Å². The van der Waals surface area contributed by atoms with Crippen LogP contribution in [0.4, 0.5) is 0 Å². The van der Waals surface area contributed by atoms with Crippen LogP contribution in [0.15, 0.2) is 0 Å². The smallest absolute Gasteiger partial charge is 0.242 e. The highest BCUT2D eigenvalue weighted by molar-refractivity contribution is 5.01. The maximum Gasteiger partial charge on any atom is 0.242 e. The Bertz CT molecular complexity index is 382. The summed E-state index contributed by atoms with van der Waals surface area (Å²) in [5.41, 5.74) is -0.320. The number of nitrogens with one attached hydrogen (secondary N) is 2. The molecule has 0 aromatic rings. The molecule has 4 fully saturated rings. The van der Waals surface area contributed by atoms with E-state index >= 15 is 0 Å². The average Bonchev–Trinajstić information content (AvgIpc) is 2.41. The maximum absolute atomic E-state index is 10.6. The van der Waals surface area contributed by atoms with Crippen molar-refractivity contribution >= 4 is 0 Å². The highest BCUT2D eigenvalue weighted by Crippen LogP contribution is 2.38. The molecule has 4 heterocycles. The van der Waals surface area contributed by atoms with E-state index in [0.717, 1.165) is 26.2 Å². The molecular weight excluding hydrogens is 276 g/mol. The minimum Gasteiger partial charge on any atom is -0.394 e. The summed E-state index contributed by atoms with van der Waals surface area (Å²) in [6.07, 6.45) is -4.29. The number of rotatable bonds is 4. The first-order valence-electron chi connectivity index (χ1n) is 7.74. The van der Waals surface area contributed by atoms with Crippen molar-refractivity contribution in [3.8, 4) is 0 Å². The van der Waals surface area contributed by atoms with Gasteiger partial charge in [-0.15, -0.1) is 0 Å². The molecule has 0 spiro atoms. The third-order valence-corrected chi connectivity index (χ3v) is 6.00. The lowest BCUT2D eigenvalue weighted by Crippen LogP contribution is -3.46. The Kier molecular flexibility index (Phi) is 3.61. The number of hydrogen-bond acceptors (Lipinski definition) is 5. The molecule has 7 nitrogen and oxygen atoms in total. The molecule has 7 heteroatoms. The minimum absolute atomic E-state index is 0.160. The second-order valence-electron chi connectivity index (χ2n) is 7.94. The Balaban J connectivity index is 1.82. The molecule has 0 aliphatic carbocycles. The first-order valence-corrected chi connectivity index (χ1v) is 7.74. The first-order chi connectivity index (χ1) is 9.72. The number of quaternary nitrogens is 2. The third kappa shape index (κ3) is 2.15. The lowest BCUT2D eigenvalue weighted by Gasteiger charge is -2.63. The summed E-state index contributed by atoms with van der Waals surface area (Å²) in [6.45, 7) is 6.66. The molecule has 21 heavy (non-hydrogen) atoms. The van der Waals surface area contributed by atoms with Crippen molar-refractivity contribution < 1.29 is 35.3 Å². The second kappa shape index (κ2) is 4.86. The van der Waals surface area contributed by atoms with Gasteiger partial charge >= 0.3 is 0 Å². The van der Waals surface area contributed by atoms with Crippen molar-refractivity contribution in [2.75, 3.05) is 32.8 Å². The molecule has 4 rings (SSSR count). The van der Waals surface area contributed by atoms with E-state index in [9.17, 15) is 20.4 Å². The van der Waals surface area contributed by atoms with E-state index in [-0.39, 0.29) is 23.1 Å². The van der Waals surface area contributed by atoms with Crippen molar-refractivity contribution in [2.45, 2.75) is 44.4 Å². The lowest BCUT2D eigenvalue weighted by atomic mass is 9.60. The Morgan fingerprint density at radius 2 is 1.43 bits per heavy atom. The molecule has 122 valence electrons. The SMILES string of the molecule is CC12C[NH+]3CC(C)(C[NH+](C1)C3[C@H](O)[C@H](O)[C@H](O)CO)C2O. The second-order valence-corrected chi connectivity index (χ2v) is 7.94. The van der Waals surface area contributed by atoms with Gasteiger partial charge in [-0.05, 0) is 13.8 Å². The number of piperidine rings is 2. The van der Waals surface area contributed by atoms with Gasteiger partial charge in [0.1, 0.15) is 12.2 Å². The molecule has 4 saturated heterocycles. The van der Waals surface area contributed by atoms with Crippen LogP contribution in [0.25, 0.3) is 0 Å². The van der Waals surface area contributed by atoms with Gasteiger partial charge < -0.3 is 25.5 Å². The molecule has 0 aromatic carbocycles. The Morgan fingerprint density at radius 1 is 1.00 bits per heavy atom. The van der Waals surface area contributed by atoms with Crippen molar-refractivity contribution in [1.82, 2.24) is 0 Å². The van der Waals surface area contributed by atoms with Crippen LogP contribution >= 0.6 is 0 Å². The molecule has 0 unspecified atom stereocenters. The van der Waals surface area contributed by atoms with Crippen LogP contribution in [0.5, 0.6) is 0 Å². The zero-order valence-electron chi connectivity index (χ0n) is 12.7. The van der Waals surface area contributed by atoms with Gasteiger partial charge in [0.25, 0.3) is 0 Å². The minimum atomic E-state index is -1.34. The van der Waals surface area contributed by atoms with E-state index in [0.29, 0.717) is 0 Å². The summed E-state index contributed by atoms with van der Waals surface area (Å²) in [5.74, 6) is 0. The highest BCUT2D eigenvalue weighted by atomic mass is 16.4. The molecule has 4 bridgehead atoms. The number of hydrogen-bond donors (Lipinski definition) is 7. The van der Waals surface area contributed by atoms with Crippen LogP contribution < -0.4 is 9.80 Å². The monoisotopic (exact) mass is 304 g/mol. The molecule has 3 atom stereocenters. The summed E-state index contributed by atoms with van der Waals surface area (Å²) in [7, 11) is 0. The normalized spacial score (nSPS) is 52.7. The molecule has 0 radical (unpaired) electrons. The maximum atomic E-state index is 10.6. The van der Waals surface area contributed by atoms with Crippen LogP contribution in [0, 0.1) is 10.8 Å². The third-order valence-electron chi connectivity index (χ3n) is 6.00. The standard InChI is InChI=1S/C14H26N2O5/c1-13-4-15-6-14(2,12(13)21)7-16(5-13)11(15)10(20)9(19)8(18)3-17/h8-12,17-21H,3-7H2,1-2H3/p+2/t8-,9-,10-,11?,12?,13?,14?/m1/s1. The summed E-state index contributed by atoms with van der Waals surface area (Å²) in [4.78, 5) is 2.35. The Labute approximate surface area is 124 Å². The average molecular weight is 304 g/mol. The molecule has 4 aliphatic rings. The predicted octanol–water partition coefficient (Wildman–Crippen LogP) is -5.43. The van der Waals surface area contributed by atoms with Gasteiger partial charge in [-0.2, -0.15) is 0 Å². The summed E-state index contributed by atoms with van der Waals surface area (Å²) in [6, 6.07) is 0. The number of aliphatic hydroxyl groups is 5. The van der Waals surface area contributed by atoms with Crippen molar-refractivity contribution in [3.63, 3.8) is 0 Å². The fourth-order valence-corrected chi connectivity index (χ4v) is 5.30. The largest absolute Gasteiger partial charge is 0.394 e. The van der Waals surface area contributed by atoms with Gasteiger partial charge in [-0.1, -0.05) is 0 Å². The summed E-state index contributed by atoms with van der Waals surface area (Å²) in [5, 5.41) is 49.6. The van der Waals surface area contributed by atoms with Gasteiger partial charge in [0.05, 0.1) is 49.7 Å². The van der Waals surface area contributed by atoms with Gasteiger partial charge in [-0.3, -0.25) is 9.80 Å². The van der Waals surface area contributed by atoms with Crippen LogP contribution in [0.1, 0.15) is 13.8 Å². The molecule has 0 aromatic heterocycles. The van der Waals surface area contributed by atoms with E-state index in [2.05, 4.69) is 13.8 Å². The van der Waals surface area contributed by atoms with Crippen molar-refractivity contribution in [2.24, 2.45) is 10.8 Å². The quantitative estimate of drug-likeness (QED) is 0.280. The molecule has 7 N–H and O–H groups in total. The van der Waals surface area contributed by atoms with Gasteiger partial charge in [-0.25, -0.2) is 0 Å². The van der Waals surface area contributed by atoms with Gasteiger partial charge in [0.2, 0.25) is 6.17 Å². The van der Waals surface area contributed by atoms with Crippen LogP contribution in [-0.4, -0.2) is 88.9 Å². The molecule has 0 saturated carbocycles. The first kappa shape index (κ1) is 15.6. The Morgan fingerprint density at radius 3 is 1.81 bits per heavy atom. The van der Waals surface area contributed by atoms with Crippen LogP contribution in [0.3, 0.4) is 0 Å². The topological polar surface area (TPSA) is 110 Å².